The Bertz CT molecular complexity index is 578. The Morgan fingerprint density at radius 1 is 1.58 bits per heavy atom. The molecule has 0 aliphatic carbocycles. The Labute approximate surface area is 114 Å². The van der Waals surface area contributed by atoms with E-state index in [-0.39, 0.29) is 11.7 Å². The van der Waals surface area contributed by atoms with Crippen molar-refractivity contribution < 1.29 is 19.1 Å². The Morgan fingerprint density at radius 2 is 2.37 bits per heavy atom. The zero-order chi connectivity index (χ0) is 13.8. The van der Waals surface area contributed by atoms with E-state index in [0.29, 0.717) is 5.03 Å². The number of rotatable bonds is 4. The van der Waals surface area contributed by atoms with Crippen LogP contribution in [0.3, 0.4) is 0 Å². The molecule has 2 rings (SSSR count). The molecule has 0 atom stereocenters. The lowest BCUT2D eigenvalue weighted by Crippen LogP contribution is -2.32. The van der Waals surface area contributed by atoms with Gasteiger partial charge in [0.15, 0.2) is 13.0 Å². The van der Waals surface area contributed by atoms with Gasteiger partial charge in [0.2, 0.25) is 5.91 Å². The molecule has 0 unspecified atom stereocenters. The predicted molar refractivity (Wildman–Crippen MR) is 67.7 cm³/mol. The highest BCUT2D eigenvalue weighted by Crippen LogP contribution is 2.21. The standard InChI is InChI=1S/C12H13N3O3S/c1-8-4-3-5-9(6-8)13-10(16)7-19-11-12(17)18-14-15(11)2/h3-6H,7H2,1-2H3,(H-,13,14,16,17). The van der Waals surface area contributed by atoms with Gasteiger partial charge in [-0.1, -0.05) is 16.8 Å². The molecule has 1 amide bonds. The van der Waals surface area contributed by atoms with Gasteiger partial charge in [0.05, 0.1) is 11.0 Å². The van der Waals surface area contributed by atoms with Crippen LogP contribution in [-0.4, -0.2) is 16.9 Å². The fourth-order valence-corrected chi connectivity index (χ4v) is 2.23. The van der Waals surface area contributed by atoms with Crippen molar-refractivity contribution in [1.82, 2.24) is 5.27 Å². The fraction of sp³-hybridized carbons (Fsp3) is 0.250. The third-order valence-corrected chi connectivity index (χ3v) is 3.47. The molecule has 0 saturated carbocycles. The lowest BCUT2D eigenvalue weighted by Gasteiger charge is -2.04. The van der Waals surface area contributed by atoms with E-state index >= 15 is 0 Å². The number of anilines is 1. The van der Waals surface area contributed by atoms with Crippen LogP contribution in [0.4, 0.5) is 5.69 Å². The summed E-state index contributed by atoms with van der Waals surface area (Å²) < 4.78 is 5.78. The first-order valence-corrected chi connectivity index (χ1v) is 6.57. The second-order valence-corrected chi connectivity index (χ2v) is 4.96. The van der Waals surface area contributed by atoms with Crippen LogP contribution >= 0.6 is 11.8 Å². The summed E-state index contributed by atoms with van der Waals surface area (Å²) in [7, 11) is 1.59. The first kappa shape index (κ1) is 13.4. The van der Waals surface area contributed by atoms with Gasteiger partial charge < -0.3 is 14.9 Å². The lowest BCUT2D eigenvalue weighted by atomic mass is 10.2. The molecule has 0 bridgehead atoms. The molecule has 0 fully saturated rings. The molecule has 100 valence electrons. The number of nitrogens with zero attached hydrogens (tertiary/aromatic N) is 2. The minimum atomic E-state index is -0.532. The highest BCUT2D eigenvalue weighted by atomic mass is 32.2. The van der Waals surface area contributed by atoms with Gasteiger partial charge in [-0.3, -0.25) is 4.79 Å². The Morgan fingerprint density at radius 3 is 3.00 bits per heavy atom. The molecule has 0 aliphatic heterocycles. The van der Waals surface area contributed by atoms with Crippen LogP contribution in [0.25, 0.3) is 0 Å². The van der Waals surface area contributed by atoms with E-state index in [0.717, 1.165) is 23.0 Å². The first-order valence-electron chi connectivity index (χ1n) is 5.58. The van der Waals surface area contributed by atoms with Crippen LogP contribution in [-0.2, 0) is 11.8 Å². The molecule has 0 spiro atoms. The Kier molecular flexibility index (Phi) is 4.06. The molecular formula is C12H13N3O3S. The zero-order valence-corrected chi connectivity index (χ0v) is 11.4. The van der Waals surface area contributed by atoms with Crippen LogP contribution in [0.2, 0.25) is 0 Å². The molecule has 2 aromatic rings. The number of carbonyl (C=O) groups excluding carboxylic acids is 1. The molecule has 0 aliphatic rings. The molecule has 7 heteroatoms. The van der Waals surface area contributed by atoms with Crippen molar-refractivity contribution in [2.24, 2.45) is 7.05 Å². The van der Waals surface area contributed by atoms with Crippen LogP contribution in [0.1, 0.15) is 5.56 Å². The van der Waals surface area contributed by atoms with Gasteiger partial charge in [-0.2, -0.15) is 0 Å². The SMILES string of the molecule is Cc1cccc(NC(=O)CSc2c([O-])on[n+]2C)c1. The van der Waals surface area contributed by atoms with E-state index in [2.05, 4.69) is 15.1 Å². The van der Waals surface area contributed by atoms with E-state index in [9.17, 15) is 9.90 Å². The average molecular weight is 279 g/mol. The number of aryl methyl sites for hydroxylation is 2. The van der Waals surface area contributed by atoms with E-state index in [1.807, 2.05) is 31.2 Å². The van der Waals surface area contributed by atoms with Crippen molar-refractivity contribution in [2.45, 2.75) is 11.9 Å². The third kappa shape index (κ3) is 3.47. The summed E-state index contributed by atoms with van der Waals surface area (Å²) in [5.41, 5.74) is 1.81. The van der Waals surface area contributed by atoms with Crippen molar-refractivity contribution in [2.75, 3.05) is 11.1 Å². The average Bonchev–Trinajstić information content (AvgIpc) is 2.67. The minimum absolute atomic E-state index is 0.123. The maximum Gasteiger partial charge on any atom is 0.291 e. The van der Waals surface area contributed by atoms with E-state index < -0.39 is 5.95 Å². The Hall–Kier alpha value is -2.02. The number of hydrogen-bond donors (Lipinski definition) is 1. The van der Waals surface area contributed by atoms with Crippen molar-refractivity contribution >= 4 is 23.4 Å². The molecule has 1 heterocycles. The highest BCUT2D eigenvalue weighted by molar-refractivity contribution is 7.99. The molecule has 6 nitrogen and oxygen atoms in total. The normalized spacial score (nSPS) is 10.4. The number of benzene rings is 1. The molecule has 0 saturated heterocycles. The van der Waals surface area contributed by atoms with Crippen molar-refractivity contribution in [3.63, 3.8) is 0 Å². The summed E-state index contributed by atoms with van der Waals surface area (Å²) in [4.78, 5) is 11.7. The summed E-state index contributed by atoms with van der Waals surface area (Å²) in [6.07, 6.45) is 0. The number of amides is 1. The molecule has 1 aromatic carbocycles. The van der Waals surface area contributed by atoms with Gasteiger partial charge in [-0.05, 0) is 36.4 Å². The third-order valence-electron chi connectivity index (χ3n) is 2.36. The topological polar surface area (TPSA) is 82.1 Å². The first-order chi connectivity index (χ1) is 9.06. The van der Waals surface area contributed by atoms with Crippen LogP contribution < -0.4 is 15.1 Å². The highest BCUT2D eigenvalue weighted by Gasteiger charge is 2.15. The molecule has 1 aromatic heterocycles. The van der Waals surface area contributed by atoms with Gasteiger partial charge >= 0.3 is 0 Å². The molecule has 19 heavy (non-hydrogen) atoms. The van der Waals surface area contributed by atoms with E-state index in [4.69, 9.17) is 0 Å². The fourth-order valence-electron chi connectivity index (χ4n) is 1.51. The summed E-state index contributed by atoms with van der Waals surface area (Å²) in [5, 5.41) is 17.8. The van der Waals surface area contributed by atoms with E-state index in [1.165, 1.54) is 4.68 Å². The number of nitrogens with one attached hydrogen (secondary N) is 1. The van der Waals surface area contributed by atoms with Crippen molar-refractivity contribution in [3.05, 3.63) is 29.8 Å². The summed E-state index contributed by atoms with van der Waals surface area (Å²) in [5.74, 6) is -0.592. The van der Waals surface area contributed by atoms with Gasteiger partial charge in [-0.15, -0.1) is 0 Å². The van der Waals surface area contributed by atoms with Gasteiger partial charge in [0.1, 0.15) is 0 Å². The second-order valence-electron chi connectivity index (χ2n) is 4.00. The zero-order valence-electron chi connectivity index (χ0n) is 10.5. The monoisotopic (exact) mass is 279 g/mol. The molecular weight excluding hydrogens is 266 g/mol. The van der Waals surface area contributed by atoms with Gasteiger partial charge in [0, 0.05) is 5.69 Å². The number of aromatic nitrogens is 2. The van der Waals surface area contributed by atoms with Crippen LogP contribution in [0, 0.1) is 6.92 Å². The van der Waals surface area contributed by atoms with Crippen molar-refractivity contribution in [3.8, 4) is 5.95 Å². The van der Waals surface area contributed by atoms with Gasteiger partial charge in [0.25, 0.3) is 5.03 Å². The molecule has 0 radical (unpaired) electrons. The summed E-state index contributed by atoms with van der Waals surface area (Å²) in [6.45, 7) is 1.95. The summed E-state index contributed by atoms with van der Waals surface area (Å²) >= 11 is 1.09. The predicted octanol–water partition coefficient (Wildman–Crippen LogP) is 0.612. The number of carbonyl (C=O) groups is 1. The van der Waals surface area contributed by atoms with E-state index in [1.54, 1.807) is 7.05 Å². The number of thioether (sulfide) groups is 1. The largest absolute Gasteiger partial charge is 0.538 e. The van der Waals surface area contributed by atoms with Crippen LogP contribution in [0.5, 0.6) is 5.95 Å². The lowest BCUT2D eigenvalue weighted by molar-refractivity contribution is -0.772. The molecule has 1 N–H and O–H groups in total. The second kappa shape index (κ2) is 5.75. The maximum atomic E-state index is 11.7. The van der Waals surface area contributed by atoms with Crippen molar-refractivity contribution in [1.29, 1.82) is 0 Å². The van der Waals surface area contributed by atoms with Gasteiger partial charge in [-0.25, -0.2) is 0 Å². The number of hydrogen-bond acceptors (Lipinski definition) is 5. The van der Waals surface area contributed by atoms with Crippen LogP contribution in [0.15, 0.2) is 33.8 Å². The maximum absolute atomic E-state index is 11.7. The minimum Gasteiger partial charge on any atom is -0.538 e. The Balaban J connectivity index is 1.92. The smallest absolute Gasteiger partial charge is 0.291 e. The summed E-state index contributed by atoms with van der Waals surface area (Å²) in [6, 6.07) is 7.51. The quantitative estimate of drug-likeness (QED) is 0.655.